The monoisotopic (exact) mass is 354 g/mol. The van der Waals surface area contributed by atoms with Gasteiger partial charge < -0.3 is 9.84 Å². The molecule has 0 saturated heterocycles. The third-order valence-corrected chi connectivity index (χ3v) is 3.23. The fourth-order valence-corrected chi connectivity index (χ4v) is 2.02. The maximum absolute atomic E-state index is 11.6. The molecule has 0 bridgehead atoms. The Morgan fingerprint density at radius 3 is 3.00 bits per heavy atom. The zero-order valence-electron chi connectivity index (χ0n) is 10.8. The number of carbonyl (C=O) groups is 2. The Morgan fingerprint density at radius 1 is 1.62 bits per heavy atom. The van der Waals surface area contributed by atoms with Gasteiger partial charge in [0.1, 0.15) is 0 Å². The zero-order chi connectivity index (χ0) is 15.4. The van der Waals surface area contributed by atoms with Crippen LogP contribution in [0.3, 0.4) is 0 Å². The molecule has 1 aliphatic heterocycles. The number of ether oxygens (including phenoxy) is 1. The minimum Gasteiger partial charge on any atom is -0.503 e. The first-order valence-electron chi connectivity index (χ1n) is 5.75. The molecule has 1 aromatic rings. The van der Waals surface area contributed by atoms with Gasteiger partial charge in [0.05, 0.1) is 17.8 Å². The Morgan fingerprint density at radius 2 is 2.38 bits per heavy atom. The van der Waals surface area contributed by atoms with E-state index in [4.69, 9.17) is 4.74 Å². The van der Waals surface area contributed by atoms with Crippen molar-refractivity contribution in [1.29, 1.82) is 0 Å². The van der Waals surface area contributed by atoms with E-state index in [9.17, 15) is 14.7 Å². The highest BCUT2D eigenvalue weighted by Gasteiger charge is 2.28. The maximum Gasteiger partial charge on any atom is 0.258 e. The summed E-state index contributed by atoms with van der Waals surface area (Å²) in [6.07, 6.45) is 2.56. The van der Waals surface area contributed by atoms with Crippen LogP contribution in [0.4, 0.5) is 0 Å². The third kappa shape index (κ3) is 3.37. The van der Waals surface area contributed by atoms with Crippen LogP contribution < -0.4 is 15.6 Å². The summed E-state index contributed by atoms with van der Waals surface area (Å²) >= 11 is 3.17. The lowest BCUT2D eigenvalue weighted by Crippen LogP contribution is -2.34. The summed E-state index contributed by atoms with van der Waals surface area (Å²) in [7, 11) is 1.42. The average Bonchev–Trinajstić information content (AvgIpc) is 2.88. The first-order valence-corrected chi connectivity index (χ1v) is 6.54. The van der Waals surface area contributed by atoms with Crippen molar-refractivity contribution in [2.45, 2.75) is 0 Å². The number of hydrazone groups is 2. The van der Waals surface area contributed by atoms with Crippen molar-refractivity contribution < 1.29 is 19.4 Å². The number of amides is 2. The normalized spacial score (nSPS) is 17.0. The largest absolute Gasteiger partial charge is 0.503 e. The number of methoxy groups -OCH3 is 1. The lowest BCUT2D eigenvalue weighted by Gasteiger charge is -2.06. The number of benzene rings is 1. The van der Waals surface area contributed by atoms with Gasteiger partial charge in [-0.05, 0) is 33.6 Å². The molecule has 0 aromatic heterocycles. The molecule has 1 atom stereocenters. The van der Waals surface area contributed by atoms with Crippen molar-refractivity contribution in [3.05, 3.63) is 22.2 Å². The summed E-state index contributed by atoms with van der Waals surface area (Å²) in [5.74, 6) is -1.84. The molecule has 0 radical (unpaired) electrons. The third-order valence-electron chi connectivity index (χ3n) is 2.62. The van der Waals surface area contributed by atoms with Gasteiger partial charge >= 0.3 is 0 Å². The second kappa shape index (κ2) is 6.35. The Kier molecular flexibility index (Phi) is 4.53. The molecule has 110 valence electrons. The fourth-order valence-electron chi connectivity index (χ4n) is 1.56. The molecule has 3 N–H and O–H groups in total. The fraction of sp³-hybridized carbons (Fsp3) is 0.167. The van der Waals surface area contributed by atoms with E-state index < -0.39 is 17.7 Å². The van der Waals surface area contributed by atoms with Gasteiger partial charge in [-0.2, -0.15) is 10.2 Å². The number of halogens is 1. The van der Waals surface area contributed by atoms with Gasteiger partial charge in [-0.1, -0.05) is 0 Å². The van der Waals surface area contributed by atoms with E-state index in [1.54, 1.807) is 12.1 Å². The average molecular weight is 355 g/mol. The Labute approximate surface area is 128 Å². The van der Waals surface area contributed by atoms with E-state index in [-0.39, 0.29) is 11.5 Å². The summed E-state index contributed by atoms with van der Waals surface area (Å²) in [5, 5.41) is 16.9. The summed E-state index contributed by atoms with van der Waals surface area (Å²) in [5.41, 5.74) is 4.97. The van der Waals surface area contributed by atoms with Crippen LogP contribution in [0.15, 0.2) is 26.8 Å². The first-order chi connectivity index (χ1) is 10.0. The summed E-state index contributed by atoms with van der Waals surface area (Å²) in [6, 6.07) is 3.14. The van der Waals surface area contributed by atoms with Crippen LogP contribution in [0.1, 0.15) is 5.56 Å². The van der Waals surface area contributed by atoms with Crippen molar-refractivity contribution >= 4 is 40.2 Å². The van der Waals surface area contributed by atoms with E-state index in [0.29, 0.717) is 10.0 Å². The molecule has 0 fully saturated rings. The molecular formula is C12H11BrN4O4. The summed E-state index contributed by atoms with van der Waals surface area (Å²) < 4.78 is 5.42. The smallest absolute Gasteiger partial charge is 0.258 e. The lowest BCUT2D eigenvalue weighted by molar-refractivity contribution is -0.131. The highest BCUT2D eigenvalue weighted by Crippen LogP contribution is 2.34. The topological polar surface area (TPSA) is 112 Å². The van der Waals surface area contributed by atoms with Crippen LogP contribution >= 0.6 is 15.9 Å². The number of hydrogen-bond acceptors (Lipinski definition) is 6. The van der Waals surface area contributed by atoms with Crippen molar-refractivity contribution in [1.82, 2.24) is 10.9 Å². The Bertz CT molecular complexity index is 644. The molecule has 2 rings (SSSR count). The predicted octanol–water partition coefficient (Wildman–Crippen LogP) is 0.345. The van der Waals surface area contributed by atoms with Crippen LogP contribution in [-0.2, 0) is 9.59 Å². The number of phenols is 1. The molecule has 0 spiro atoms. The van der Waals surface area contributed by atoms with Crippen molar-refractivity contribution in [3.8, 4) is 11.5 Å². The van der Waals surface area contributed by atoms with Crippen LogP contribution in [0.2, 0.25) is 0 Å². The van der Waals surface area contributed by atoms with Gasteiger partial charge in [-0.25, -0.2) is 10.9 Å². The molecule has 2 amide bonds. The Balaban J connectivity index is 2.05. The molecule has 1 aromatic carbocycles. The number of nitrogens with zero attached hydrogens (tertiary/aromatic N) is 2. The second-order valence-corrected chi connectivity index (χ2v) is 4.87. The van der Waals surface area contributed by atoms with Crippen LogP contribution in [0, 0.1) is 5.92 Å². The first kappa shape index (κ1) is 15.0. The Hall–Kier alpha value is -2.42. The van der Waals surface area contributed by atoms with Gasteiger partial charge in [0.15, 0.2) is 17.4 Å². The lowest BCUT2D eigenvalue weighted by atomic mass is 10.1. The standard InChI is InChI=1S/C12H11BrN4O4/c1-21-9-3-6(2-8(13)10(9)18)4-14-16-11(19)7-5-15-17-12(7)20/h2-5,7,18H,1H3,(H,16,19)(H,17,20)/b14-4-. The number of carbonyl (C=O) groups excluding carboxylic acids is 2. The maximum atomic E-state index is 11.6. The second-order valence-electron chi connectivity index (χ2n) is 4.02. The van der Waals surface area contributed by atoms with Gasteiger partial charge in [-0.15, -0.1) is 0 Å². The van der Waals surface area contributed by atoms with Gasteiger partial charge in [0.25, 0.3) is 11.8 Å². The molecule has 1 heterocycles. The number of rotatable bonds is 4. The van der Waals surface area contributed by atoms with Crippen molar-refractivity contribution in [2.75, 3.05) is 7.11 Å². The molecule has 9 heteroatoms. The van der Waals surface area contributed by atoms with E-state index in [2.05, 4.69) is 37.0 Å². The number of aromatic hydroxyl groups is 1. The highest BCUT2D eigenvalue weighted by molar-refractivity contribution is 9.10. The van der Waals surface area contributed by atoms with E-state index in [1.165, 1.54) is 19.5 Å². The van der Waals surface area contributed by atoms with Gasteiger partial charge in [0.2, 0.25) is 0 Å². The molecule has 0 saturated carbocycles. The molecular weight excluding hydrogens is 344 g/mol. The highest BCUT2D eigenvalue weighted by atomic mass is 79.9. The quantitative estimate of drug-likeness (QED) is 0.411. The number of nitrogens with one attached hydrogen (secondary N) is 2. The number of phenolic OH excluding ortho intramolecular Hbond substituents is 1. The van der Waals surface area contributed by atoms with Crippen LogP contribution in [-0.4, -0.2) is 36.5 Å². The minimum atomic E-state index is -0.983. The molecule has 21 heavy (non-hydrogen) atoms. The van der Waals surface area contributed by atoms with E-state index in [1.807, 2.05) is 0 Å². The van der Waals surface area contributed by atoms with Crippen molar-refractivity contribution in [2.24, 2.45) is 16.1 Å². The number of hydrogen-bond donors (Lipinski definition) is 3. The van der Waals surface area contributed by atoms with Gasteiger partial charge in [0, 0.05) is 6.21 Å². The summed E-state index contributed by atoms with van der Waals surface area (Å²) in [6.45, 7) is 0. The zero-order valence-corrected chi connectivity index (χ0v) is 12.4. The minimum absolute atomic E-state index is 0.0301. The van der Waals surface area contributed by atoms with E-state index >= 15 is 0 Å². The molecule has 0 aliphatic carbocycles. The molecule has 8 nitrogen and oxygen atoms in total. The van der Waals surface area contributed by atoms with Crippen LogP contribution in [0.5, 0.6) is 11.5 Å². The predicted molar refractivity (Wildman–Crippen MR) is 78.2 cm³/mol. The van der Waals surface area contributed by atoms with Gasteiger partial charge in [-0.3, -0.25) is 9.59 Å². The van der Waals surface area contributed by atoms with E-state index in [0.717, 1.165) is 0 Å². The summed E-state index contributed by atoms with van der Waals surface area (Å²) in [4.78, 5) is 22.9. The molecule has 1 unspecified atom stereocenters. The van der Waals surface area contributed by atoms with Crippen molar-refractivity contribution in [3.63, 3.8) is 0 Å². The SMILES string of the molecule is COc1cc(/C=N\NC(=O)C2C=NNC2=O)cc(Br)c1O. The molecule has 1 aliphatic rings. The van der Waals surface area contributed by atoms with Crippen LogP contribution in [0.25, 0.3) is 0 Å².